The molecule has 0 aromatic heterocycles. The molecule has 2 rings (SSSR count). The van der Waals surface area contributed by atoms with Gasteiger partial charge in [-0.25, -0.2) is 0 Å². The molecule has 0 radical (unpaired) electrons. The standard InChI is InChI=1S/C18H13F3N2O/c1-12-6-2-5-9-16(12)23-17(24)14(11-22)10-13-7-3-4-8-15(13)18(19,20)21/h2-10H,1H3,(H,23,24)/b14-10-. The molecular weight excluding hydrogens is 317 g/mol. The van der Waals surface area contributed by atoms with Gasteiger partial charge in [0.25, 0.3) is 5.91 Å². The fraction of sp³-hybridized carbons (Fsp3) is 0.111. The van der Waals surface area contributed by atoms with E-state index in [9.17, 15) is 18.0 Å². The Morgan fingerprint density at radius 3 is 2.38 bits per heavy atom. The number of carbonyl (C=O) groups is 1. The number of hydrogen-bond donors (Lipinski definition) is 1. The van der Waals surface area contributed by atoms with Crippen LogP contribution in [0.25, 0.3) is 6.08 Å². The molecule has 0 aliphatic carbocycles. The lowest BCUT2D eigenvalue weighted by Gasteiger charge is -2.11. The van der Waals surface area contributed by atoms with Crippen LogP contribution in [0.15, 0.2) is 54.1 Å². The van der Waals surface area contributed by atoms with Gasteiger partial charge in [-0.3, -0.25) is 4.79 Å². The molecule has 2 aromatic carbocycles. The molecule has 0 bridgehead atoms. The minimum absolute atomic E-state index is 0.235. The van der Waals surface area contributed by atoms with Crippen molar-refractivity contribution in [2.75, 3.05) is 5.32 Å². The second-order valence-electron chi connectivity index (χ2n) is 5.02. The molecule has 122 valence electrons. The maximum Gasteiger partial charge on any atom is 0.416 e. The number of carbonyl (C=O) groups excluding carboxylic acids is 1. The molecule has 0 aliphatic heterocycles. The zero-order chi connectivity index (χ0) is 17.7. The van der Waals surface area contributed by atoms with E-state index in [4.69, 9.17) is 5.26 Å². The van der Waals surface area contributed by atoms with Crippen molar-refractivity contribution in [1.29, 1.82) is 5.26 Å². The summed E-state index contributed by atoms with van der Waals surface area (Å²) < 4.78 is 39.0. The number of rotatable bonds is 3. The van der Waals surface area contributed by atoms with Crippen LogP contribution in [-0.4, -0.2) is 5.91 Å². The van der Waals surface area contributed by atoms with Crippen LogP contribution in [0.4, 0.5) is 18.9 Å². The van der Waals surface area contributed by atoms with E-state index in [-0.39, 0.29) is 5.56 Å². The maximum atomic E-state index is 13.0. The first kappa shape index (κ1) is 17.3. The number of aryl methyl sites for hydroxylation is 1. The predicted molar refractivity (Wildman–Crippen MR) is 84.8 cm³/mol. The van der Waals surface area contributed by atoms with Gasteiger partial charge in [-0.1, -0.05) is 36.4 Å². The van der Waals surface area contributed by atoms with E-state index in [2.05, 4.69) is 5.32 Å². The first-order chi connectivity index (χ1) is 11.3. The monoisotopic (exact) mass is 330 g/mol. The number of nitrogens with one attached hydrogen (secondary N) is 1. The van der Waals surface area contributed by atoms with Gasteiger partial charge >= 0.3 is 6.18 Å². The highest BCUT2D eigenvalue weighted by atomic mass is 19.4. The fourth-order valence-corrected chi connectivity index (χ4v) is 2.09. The lowest BCUT2D eigenvalue weighted by Crippen LogP contribution is -2.14. The summed E-state index contributed by atoms with van der Waals surface area (Å²) in [7, 11) is 0. The molecule has 0 spiro atoms. The number of nitrogens with zero attached hydrogens (tertiary/aromatic N) is 1. The molecule has 0 aliphatic rings. The number of para-hydroxylation sites is 1. The van der Waals surface area contributed by atoms with Crippen molar-refractivity contribution in [3.8, 4) is 6.07 Å². The fourth-order valence-electron chi connectivity index (χ4n) is 2.09. The molecule has 24 heavy (non-hydrogen) atoms. The topological polar surface area (TPSA) is 52.9 Å². The molecule has 3 nitrogen and oxygen atoms in total. The van der Waals surface area contributed by atoms with Crippen LogP contribution in [0.1, 0.15) is 16.7 Å². The first-order valence-electron chi connectivity index (χ1n) is 6.98. The Balaban J connectivity index is 2.36. The average Bonchev–Trinajstić information content (AvgIpc) is 2.54. The summed E-state index contributed by atoms with van der Waals surface area (Å²) in [4.78, 5) is 12.2. The normalized spacial score (nSPS) is 11.7. The molecule has 0 fully saturated rings. The Morgan fingerprint density at radius 2 is 1.75 bits per heavy atom. The van der Waals surface area contributed by atoms with Gasteiger partial charge in [-0.15, -0.1) is 0 Å². The Morgan fingerprint density at radius 1 is 1.12 bits per heavy atom. The number of nitriles is 1. The summed E-state index contributed by atoms with van der Waals surface area (Å²) in [5.74, 6) is -0.760. The van der Waals surface area contributed by atoms with Crippen molar-refractivity contribution in [2.24, 2.45) is 0 Å². The van der Waals surface area contributed by atoms with Gasteiger partial charge in [-0.2, -0.15) is 18.4 Å². The van der Waals surface area contributed by atoms with E-state index < -0.39 is 23.2 Å². The van der Waals surface area contributed by atoms with Crippen molar-refractivity contribution in [3.63, 3.8) is 0 Å². The van der Waals surface area contributed by atoms with Crippen molar-refractivity contribution < 1.29 is 18.0 Å². The molecule has 0 heterocycles. The Labute approximate surface area is 137 Å². The van der Waals surface area contributed by atoms with E-state index in [0.717, 1.165) is 17.7 Å². The summed E-state index contributed by atoms with van der Waals surface area (Å²) in [5, 5.41) is 11.7. The van der Waals surface area contributed by atoms with Crippen molar-refractivity contribution in [2.45, 2.75) is 13.1 Å². The summed E-state index contributed by atoms with van der Waals surface area (Å²) in [6.45, 7) is 1.77. The SMILES string of the molecule is Cc1ccccc1NC(=O)/C(C#N)=C\c1ccccc1C(F)(F)F. The van der Waals surface area contributed by atoms with Crippen LogP contribution in [0.2, 0.25) is 0 Å². The van der Waals surface area contributed by atoms with Crippen LogP contribution in [0.5, 0.6) is 0 Å². The molecule has 0 unspecified atom stereocenters. The third-order valence-corrected chi connectivity index (χ3v) is 3.32. The van der Waals surface area contributed by atoms with Crippen LogP contribution in [-0.2, 0) is 11.0 Å². The maximum absolute atomic E-state index is 13.0. The number of hydrogen-bond acceptors (Lipinski definition) is 2. The zero-order valence-corrected chi connectivity index (χ0v) is 12.7. The molecule has 0 atom stereocenters. The van der Waals surface area contributed by atoms with E-state index in [1.165, 1.54) is 18.2 Å². The van der Waals surface area contributed by atoms with Gasteiger partial charge in [0.1, 0.15) is 11.6 Å². The van der Waals surface area contributed by atoms with Crippen LogP contribution >= 0.6 is 0 Å². The third-order valence-electron chi connectivity index (χ3n) is 3.32. The quantitative estimate of drug-likeness (QED) is 0.662. The van der Waals surface area contributed by atoms with Crippen LogP contribution in [0, 0.1) is 18.3 Å². The zero-order valence-electron chi connectivity index (χ0n) is 12.7. The molecule has 6 heteroatoms. The molecule has 0 saturated carbocycles. The van der Waals surface area contributed by atoms with Gasteiger partial charge < -0.3 is 5.32 Å². The second kappa shape index (κ2) is 7.01. The van der Waals surface area contributed by atoms with Gasteiger partial charge in [0.2, 0.25) is 0 Å². The Hall–Kier alpha value is -3.07. The van der Waals surface area contributed by atoms with Gasteiger partial charge in [-0.05, 0) is 36.3 Å². The van der Waals surface area contributed by atoms with Crippen LogP contribution in [0.3, 0.4) is 0 Å². The summed E-state index contributed by atoms with van der Waals surface area (Å²) in [5.41, 5.74) is -0.274. The van der Waals surface area contributed by atoms with E-state index in [0.29, 0.717) is 5.69 Å². The van der Waals surface area contributed by atoms with E-state index in [1.807, 2.05) is 0 Å². The summed E-state index contributed by atoms with van der Waals surface area (Å²) >= 11 is 0. The average molecular weight is 330 g/mol. The highest BCUT2D eigenvalue weighted by Gasteiger charge is 2.32. The summed E-state index contributed by atoms with van der Waals surface area (Å²) in [6.07, 6.45) is -3.63. The van der Waals surface area contributed by atoms with Crippen molar-refractivity contribution in [3.05, 3.63) is 70.8 Å². The van der Waals surface area contributed by atoms with Crippen molar-refractivity contribution in [1.82, 2.24) is 0 Å². The molecule has 0 saturated heterocycles. The minimum Gasteiger partial charge on any atom is -0.321 e. The number of benzene rings is 2. The molecule has 1 amide bonds. The highest BCUT2D eigenvalue weighted by molar-refractivity contribution is 6.10. The highest BCUT2D eigenvalue weighted by Crippen LogP contribution is 2.32. The van der Waals surface area contributed by atoms with E-state index >= 15 is 0 Å². The first-order valence-corrected chi connectivity index (χ1v) is 6.98. The van der Waals surface area contributed by atoms with E-state index in [1.54, 1.807) is 37.3 Å². The van der Waals surface area contributed by atoms with Gasteiger partial charge in [0.15, 0.2) is 0 Å². The summed E-state index contributed by atoms with van der Waals surface area (Å²) in [6, 6.07) is 13.3. The number of alkyl halides is 3. The third kappa shape index (κ3) is 4.02. The molecular formula is C18H13F3N2O. The number of halogens is 3. The number of anilines is 1. The predicted octanol–water partition coefficient (Wildman–Crippen LogP) is 4.56. The van der Waals surface area contributed by atoms with Gasteiger partial charge in [0.05, 0.1) is 5.56 Å². The Bertz CT molecular complexity index is 833. The largest absolute Gasteiger partial charge is 0.416 e. The lowest BCUT2D eigenvalue weighted by molar-refractivity contribution is -0.137. The molecule has 2 aromatic rings. The molecule has 1 N–H and O–H groups in total. The lowest BCUT2D eigenvalue weighted by atomic mass is 10.0. The second-order valence-corrected chi connectivity index (χ2v) is 5.02. The van der Waals surface area contributed by atoms with Gasteiger partial charge in [0, 0.05) is 5.69 Å². The van der Waals surface area contributed by atoms with Crippen LogP contribution < -0.4 is 5.32 Å². The number of amides is 1. The minimum atomic E-state index is -4.57. The Kier molecular flexibility index (Phi) is 5.05. The van der Waals surface area contributed by atoms with Crippen molar-refractivity contribution >= 4 is 17.7 Å². The smallest absolute Gasteiger partial charge is 0.321 e.